The molecule has 2 aliphatic rings. The van der Waals surface area contributed by atoms with Crippen LogP contribution in [0.1, 0.15) is 36.0 Å². The highest BCUT2D eigenvalue weighted by atomic mass is 35.5. The minimum atomic E-state index is -0.305. The number of likely N-dealkylation sites (tertiary alicyclic amines) is 1. The summed E-state index contributed by atoms with van der Waals surface area (Å²) in [6, 6.07) is 6.52. The van der Waals surface area contributed by atoms with E-state index in [1.807, 2.05) is 0 Å². The van der Waals surface area contributed by atoms with Crippen LogP contribution in [0.25, 0.3) is 0 Å². The summed E-state index contributed by atoms with van der Waals surface area (Å²) >= 11 is 6.16. The molecule has 27 heavy (non-hydrogen) atoms. The molecule has 0 unspecified atom stereocenters. The van der Waals surface area contributed by atoms with Crippen LogP contribution in [-0.2, 0) is 4.79 Å². The molecule has 0 spiro atoms. The zero-order chi connectivity index (χ0) is 19.4. The number of nitrogens with one attached hydrogen (secondary N) is 2. The highest BCUT2D eigenvalue weighted by Gasteiger charge is 2.37. The van der Waals surface area contributed by atoms with Gasteiger partial charge >= 0.3 is 0 Å². The van der Waals surface area contributed by atoms with Gasteiger partial charge in [0.05, 0.1) is 17.1 Å². The fourth-order valence-electron chi connectivity index (χ4n) is 3.60. The second kappa shape index (κ2) is 8.59. The lowest BCUT2D eigenvalue weighted by molar-refractivity contribution is -0.133. The zero-order valence-electron chi connectivity index (χ0n) is 15.2. The maximum atomic E-state index is 12.6. The third-order valence-corrected chi connectivity index (χ3v) is 5.40. The second-order valence-electron chi connectivity index (χ2n) is 6.85. The summed E-state index contributed by atoms with van der Waals surface area (Å²) in [5, 5.41) is 15.5. The summed E-state index contributed by atoms with van der Waals surface area (Å²) in [4.78, 5) is 26.1. The number of nitrogens with zero attached hydrogens (tertiary/aromatic N) is 2. The number of amides is 2. The molecule has 1 aromatic rings. The number of halogens is 1. The molecule has 2 saturated heterocycles. The normalized spacial score (nSPS) is 24.5. The molecule has 0 aliphatic carbocycles. The molecular formula is C19H23ClN4O3. The predicted octanol–water partition coefficient (Wildman–Crippen LogP) is 1.71. The van der Waals surface area contributed by atoms with Crippen molar-refractivity contribution in [2.45, 2.75) is 43.8 Å². The molecule has 3 atom stereocenters. The summed E-state index contributed by atoms with van der Waals surface area (Å²) in [7, 11) is 1.56. The topological polar surface area (TPSA) is 94.5 Å². The average molecular weight is 391 g/mol. The van der Waals surface area contributed by atoms with Gasteiger partial charge in [0.2, 0.25) is 5.91 Å². The van der Waals surface area contributed by atoms with Gasteiger partial charge in [-0.15, -0.1) is 0 Å². The van der Waals surface area contributed by atoms with E-state index >= 15 is 0 Å². The van der Waals surface area contributed by atoms with Crippen molar-refractivity contribution in [2.75, 3.05) is 20.2 Å². The van der Waals surface area contributed by atoms with Crippen LogP contribution < -0.4 is 15.4 Å². The standard InChI is InChI=1S/C19H23ClN4O3/c1-22-18(25)12-4-6-15(20)17(9-12)27-11-13-5-7-16(23-13)19(26)24-8-2-3-14(24)10-21/h4,6,9,13-14,16,23H,2-3,5,7-8,11H2,1H3,(H,22,25)/t13-,14+,16+/m1/s1. The smallest absolute Gasteiger partial charge is 0.251 e. The maximum Gasteiger partial charge on any atom is 0.251 e. The number of hydrogen-bond acceptors (Lipinski definition) is 5. The molecule has 8 heteroatoms. The number of benzene rings is 1. The lowest BCUT2D eigenvalue weighted by Gasteiger charge is -2.24. The number of rotatable bonds is 5. The highest BCUT2D eigenvalue weighted by molar-refractivity contribution is 6.32. The van der Waals surface area contributed by atoms with E-state index < -0.39 is 0 Å². The minimum absolute atomic E-state index is 0.00111. The summed E-state index contributed by atoms with van der Waals surface area (Å²) < 4.78 is 5.80. The molecule has 0 bridgehead atoms. The molecule has 1 aromatic carbocycles. The minimum Gasteiger partial charge on any atom is -0.490 e. The summed E-state index contributed by atoms with van der Waals surface area (Å²) in [5.74, 6) is 0.235. The van der Waals surface area contributed by atoms with Crippen molar-refractivity contribution in [3.05, 3.63) is 28.8 Å². The van der Waals surface area contributed by atoms with Gasteiger partial charge in [0.1, 0.15) is 18.4 Å². The van der Waals surface area contributed by atoms with Crippen molar-refractivity contribution in [2.24, 2.45) is 0 Å². The lowest BCUT2D eigenvalue weighted by Crippen LogP contribution is -2.47. The van der Waals surface area contributed by atoms with Gasteiger partial charge in [-0.2, -0.15) is 5.26 Å². The summed E-state index contributed by atoms with van der Waals surface area (Å²) in [6.07, 6.45) is 3.15. The number of carbonyl (C=O) groups excluding carboxylic acids is 2. The van der Waals surface area contributed by atoms with Crippen molar-refractivity contribution in [1.82, 2.24) is 15.5 Å². The Morgan fingerprint density at radius 3 is 2.96 bits per heavy atom. The van der Waals surface area contributed by atoms with E-state index in [4.69, 9.17) is 16.3 Å². The number of hydrogen-bond donors (Lipinski definition) is 2. The van der Waals surface area contributed by atoms with Crippen molar-refractivity contribution in [3.63, 3.8) is 0 Å². The molecular weight excluding hydrogens is 368 g/mol. The molecule has 2 aliphatic heterocycles. The van der Waals surface area contributed by atoms with Crippen LogP contribution in [0.2, 0.25) is 5.02 Å². The van der Waals surface area contributed by atoms with E-state index in [-0.39, 0.29) is 29.9 Å². The van der Waals surface area contributed by atoms with Gasteiger partial charge in [-0.25, -0.2) is 0 Å². The monoisotopic (exact) mass is 390 g/mol. The van der Waals surface area contributed by atoms with Gasteiger partial charge in [0.25, 0.3) is 5.91 Å². The third-order valence-electron chi connectivity index (χ3n) is 5.08. The predicted molar refractivity (Wildman–Crippen MR) is 101 cm³/mol. The van der Waals surface area contributed by atoms with Gasteiger partial charge in [-0.1, -0.05) is 11.6 Å². The van der Waals surface area contributed by atoms with E-state index in [2.05, 4.69) is 16.7 Å². The first-order valence-electron chi connectivity index (χ1n) is 9.14. The Labute approximate surface area is 163 Å². The molecule has 7 nitrogen and oxygen atoms in total. The van der Waals surface area contributed by atoms with Crippen LogP contribution in [0.3, 0.4) is 0 Å². The van der Waals surface area contributed by atoms with Crippen LogP contribution in [0.5, 0.6) is 5.75 Å². The Morgan fingerprint density at radius 2 is 2.22 bits per heavy atom. The van der Waals surface area contributed by atoms with Crippen LogP contribution in [0.15, 0.2) is 18.2 Å². The zero-order valence-corrected chi connectivity index (χ0v) is 16.0. The first kappa shape index (κ1) is 19.5. The number of carbonyl (C=O) groups is 2. The van der Waals surface area contributed by atoms with Crippen LogP contribution in [0.4, 0.5) is 0 Å². The van der Waals surface area contributed by atoms with E-state index in [9.17, 15) is 14.9 Å². The average Bonchev–Trinajstić information content (AvgIpc) is 3.35. The largest absolute Gasteiger partial charge is 0.490 e. The van der Waals surface area contributed by atoms with Crippen molar-refractivity contribution < 1.29 is 14.3 Å². The quantitative estimate of drug-likeness (QED) is 0.798. The molecule has 2 amide bonds. The van der Waals surface area contributed by atoms with Gasteiger partial charge in [-0.3, -0.25) is 14.9 Å². The van der Waals surface area contributed by atoms with E-state index in [0.29, 0.717) is 35.9 Å². The number of nitriles is 1. The lowest BCUT2D eigenvalue weighted by atomic mass is 10.1. The van der Waals surface area contributed by atoms with Crippen molar-refractivity contribution in [1.29, 1.82) is 5.26 Å². The third kappa shape index (κ3) is 4.34. The highest BCUT2D eigenvalue weighted by Crippen LogP contribution is 2.27. The fourth-order valence-corrected chi connectivity index (χ4v) is 3.77. The van der Waals surface area contributed by atoms with E-state index in [1.165, 1.54) is 0 Å². The maximum absolute atomic E-state index is 12.6. The molecule has 2 fully saturated rings. The van der Waals surface area contributed by atoms with Gasteiger partial charge in [0, 0.05) is 25.2 Å². The molecule has 144 valence electrons. The molecule has 0 radical (unpaired) electrons. The molecule has 3 rings (SSSR count). The molecule has 0 aromatic heterocycles. The van der Waals surface area contributed by atoms with Crippen molar-refractivity contribution >= 4 is 23.4 Å². The van der Waals surface area contributed by atoms with Gasteiger partial charge < -0.3 is 15.0 Å². The van der Waals surface area contributed by atoms with Crippen LogP contribution in [-0.4, -0.2) is 55.0 Å². The second-order valence-corrected chi connectivity index (χ2v) is 7.25. The molecule has 2 heterocycles. The Morgan fingerprint density at radius 1 is 1.41 bits per heavy atom. The Hall–Kier alpha value is -2.30. The Bertz CT molecular complexity index is 764. The first-order chi connectivity index (χ1) is 13.0. The fraction of sp³-hybridized carbons (Fsp3) is 0.526. The van der Waals surface area contributed by atoms with Crippen LogP contribution >= 0.6 is 11.6 Å². The van der Waals surface area contributed by atoms with Crippen molar-refractivity contribution in [3.8, 4) is 11.8 Å². The summed E-state index contributed by atoms with van der Waals surface area (Å²) in [6.45, 7) is 1.00. The van der Waals surface area contributed by atoms with Gasteiger partial charge in [-0.05, 0) is 43.9 Å². The van der Waals surface area contributed by atoms with Gasteiger partial charge in [0.15, 0.2) is 0 Å². The van der Waals surface area contributed by atoms with E-state index in [0.717, 1.165) is 19.3 Å². The SMILES string of the molecule is CNC(=O)c1ccc(Cl)c(OC[C@H]2CC[C@@H](C(=O)N3CCC[C@H]3C#N)N2)c1. The first-order valence-corrected chi connectivity index (χ1v) is 9.52. The Balaban J connectivity index is 1.56. The Kier molecular flexibility index (Phi) is 6.19. The number of ether oxygens (including phenoxy) is 1. The molecule has 0 saturated carbocycles. The molecule has 2 N–H and O–H groups in total. The van der Waals surface area contributed by atoms with E-state index in [1.54, 1.807) is 30.1 Å². The summed E-state index contributed by atoms with van der Waals surface area (Å²) in [5.41, 5.74) is 0.473. The van der Waals surface area contributed by atoms with Crippen LogP contribution in [0, 0.1) is 11.3 Å².